The zero-order valence-electron chi connectivity index (χ0n) is 17.1. The van der Waals surface area contributed by atoms with E-state index >= 15 is 0 Å². The van der Waals surface area contributed by atoms with Crippen LogP contribution in [0.3, 0.4) is 0 Å². The van der Waals surface area contributed by atoms with Gasteiger partial charge >= 0.3 is 0 Å². The van der Waals surface area contributed by atoms with Gasteiger partial charge in [-0.15, -0.1) is 0 Å². The number of rotatable bonds is 3. The van der Waals surface area contributed by atoms with Gasteiger partial charge in [0, 0.05) is 23.6 Å². The Morgan fingerprint density at radius 3 is 2.33 bits per heavy atom. The molecule has 1 unspecified atom stereocenters. The molecule has 2 heterocycles. The fourth-order valence-corrected chi connectivity index (χ4v) is 3.91. The van der Waals surface area contributed by atoms with Gasteiger partial charge < -0.3 is 5.11 Å². The van der Waals surface area contributed by atoms with Crippen LogP contribution in [0.25, 0.3) is 5.76 Å². The van der Waals surface area contributed by atoms with Crippen LogP contribution in [0.15, 0.2) is 72.6 Å². The molecule has 4 rings (SSSR count). The number of nitrogens with zero attached hydrogens (tertiary/aromatic N) is 2. The molecular weight excluding hydrogens is 376 g/mol. The van der Waals surface area contributed by atoms with E-state index in [-0.39, 0.29) is 11.3 Å². The molecule has 1 amide bonds. The molecule has 5 nitrogen and oxygen atoms in total. The summed E-state index contributed by atoms with van der Waals surface area (Å²) in [7, 11) is 0. The van der Waals surface area contributed by atoms with E-state index in [0.29, 0.717) is 16.8 Å². The number of Topliss-reactive ketones (excluding diaryl/α,β-unsaturated/α-hetero) is 1. The molecule has 1 fully saturated rings. The van der Waals surface area contributed by atoms with Crippen molar-refractivity contribution in [3.8, 4) is 0 Å². The van der Waals surface area contributed by atoms with E-state index in [1.165, 1.54) is 4.90 Å². The maximum atomic E-state index is 13.2. The number of hydrogen-bond acceptors (Lipinski definition) is 4. The number of aliphatic hydroxyl groups excluding tert-OH is 1. The van der Waals surface area contributed by atoms with Crippen LogP contribution < -0.4 is 4.90 Å². The van der Waals surface area contributed by atoms with Crippen LogP contribution in [0.4, 0.5) is 5.69 Å². The third-order valence-corrected chi connectivity index (χ3v) is 5.49. The number of para-hydroxylation sites is 1. The fraction of sp³-hybridized carbons (Fsp3) is 0.160. The van der Waals surface area contributed by atoms with E-state index in [1.807, 2.05) is 63.2 Å². The van der Waals surface area contributed by atoms with Crippen LogP contribution in [0.1, 0.15) is 33.9 Å². The molecule has 30 heavy (non-hydrogen) atoms. The van der Waals surface area contributed by atoms with Crippen LogP contribution >= 0.6 is 0 Å². The number of ketones is 1. The third-order valence-electron chi connectivity index (χ3n) is 5.49. The van der Waals surface area contributed by atoms with Crippen molar-refractivity contribution < 1.29 is 14.7 Å². The van der Waals surface area contributed by atoms with Crippen molar-refractivity contribution in [3.63, 3.8) is 0 Å². The number of anilines is 1. The number of carbonyl (C=O) groups excluding carboxylic acids is 2. The first-order valence-corrected chi connectivity index (χ1v) is 9.74. The van der Waals surface area contributed by atoms with E-state index in [4.69, 9.17) is 0 Å². The van der Waals surface area contributed by atoms with Gasteiger partial charge in [-0.3, -0.25) is 19.5 Å². The quantitative estimate of drug-likeness (QED) is 0.397. The van der Waals surface area contributed by atoms with E-state index in [1.54, 1.807) is 24.5 Å². The van der Waals surface area contributed by atoms with Crippen LogP contribution in [0.2, 0.25) is 0 Å². The Kier molecular flexibility index (Phi) is 4.96. The molecule has 0 radical (unpaired) electrons. The van der Waals surface area contributed by atoms with Crippen molar-refractivity contribution in [2.24, 2.45) is 0 Å². The second-order valence-corrected chi connectivity index (χ2v) is 7.55. The maximum absolute atomic E-state index is 13.2. The molecule has 2 aromatic carbocycles. The Balaban J connectivity index is 2.00. The summed E-state index contributed by atoms with van der Waals surface area (Å²) in [5.74, 6) is -1.51. The minimum atomic E-state index is -0.742. The summed E-state index contributed by atoms with van der Waals surface area (Å²) in [4.78, 5) is 31.9. The molecule has 150 valence electrons. The topological polar surface area (TPSA) is 70.5 Å². The molecule has 1 aromatic heterocycles. The second kappa shape index (κ2) is 7.59. The first kappa shape index (κ1) is 19.6. The molecule has 1 N–H and O–H groups in total. The highest BCUT2D eigenvalue weighted by molar-refractivity contribution is 6.51. The highest BCUT2D eigenvalue weighted by Crippen LogP contribution is 2.43. The zero-order valence-corrected chi connectivity index (χ0v) is 17.1. The summed E-state index contributed by atoms with van der Waals surface area (Å²) < 4.78 is 0. The molecule has 1 aliphatic heterocycles. The normalized spacial score (nSPS) is 18.1. The molecular formula is C25H22N2O3. The summed E-state index contributed by atoms with van der Waals surface area (Å²) >= 11 is 0. The SMILES string of the molecule is Cc1ccc(C)c(/C(O)=C2\C(=O)C(=O)N(c3ccccc3C)C2c2ccncc2)c1. The van der Waals surface area contributed by atoms with Crippen molar-refractivity contribution in [1.82, 2.24) is 4.98 Å². The first-order valence-electron chi connectivity index (χ1n) is 9.74. The Labute approximate surface area is 175 Å². The van der Waals surface area contributed by atoms with E-state index in [9.17, 15) is 14.7 Å². The van der Waals surface area contributed by atoms with Gasteiger partial charge in [-0.05, 0) is 61.7 Å². The highest BCUT2D eigenvalue weighted by atomic mass is 16.3. The number of aliphatic hydroxyl groups is 1. The fourth-order valence-electron chi connectivity index (χ4n) is 3.91. The second-order valence-electron chi connectivity index (χ2n) is 7.55. The number of amides is 1. The smallest absolute Gasteiger partial charge is 0.300 e. The average molecular weight is 398 g/mol. The minimum absolute atomic E-state index is 0.0863. The van der Waals surface area contributed by atoms with Gasteiger partial charge in [-0.1, -0.05) is 35.9 Å². The molecule has 0 spiro atoms. The Morgan fingerprint density at radius 2 is 1.63 bits per heavy atom. The van der Waals surface area contributed by atoms with Crippen LogP contribution in [-0.4, -0.2) is 21.8 Å². The van der Waals surface area contributed by atoms with Gasteiger partial charge in [0.05, 0.1) is 11.6 Å². The number of benzene rings is 2. The number of pyridine rings is 1. The molecule has 0 aliphatic carbocycles. The van der Waals surface area contributed by atoms with Crippen LogP contribution in [0, 0.1) is 20.8 Å². The Bertz CT molecular complexity index is 1180. The standard InChI is InChI=1S/C25H22N2O3/c1-15-8-9-16(2)19(14-15)23(28)21-22(18-10-12-26-13-11-18)27(25(30)24(21)29)20-7-5-4-6-17(20)3/h4-14,22,28H,1-3H3/b23-21+. The number of aryl methyl sites for hydroxylation is 3. The van der Waals surface area contributed by atoms with Crippen molar-refractivity contribution in [1.29, 1.82) is 0 Å². The highest BCUT2D eigenvalue weighted by Gasteiger charge is 2.47. The molecule has 3 aromatic rings. The lowest BCUT2D eigenvalue weighted by molar-refractivity contribution is -0.132. The van der Waals surface area contributed by atoms with E-state index in [2.05, 4.69) is 4.98 Å². The predicted octanol–water partition coefficient (Wildman–Crippen LogP) is 4.63. The van der Waals surface area contributed by atoms with E-state index in [0.717, 1.165) is 16.7 Å². The largest absolute Gasteiger partial charge is 0.507 e. The monoisotopic (exact) mass is 398 g/mol. The summed E-state index contributed by atoms with van der Waals surface area (Å²) in [5.41, 5.74) is 4.63. The number of aromatic nitrogens is 1. The Morgan fingerprint density at radius 1 is 0.933 bits per heavy atom. The summed E-state index contributed by atoms with van der Waals surface area (Å²) in [5, 5.41) is 11.2. The molecule has 0 saturated carbocycles. The summed E-state index contributed by atoms with van der Waals surface area (Å²) in [6.45, 7) is 5.68. The number of carbonyl (C=O) groups is 2. The van der Waals surface area contributed by atoms with Crippen molar-refractivity contribution in [2.75, 3.05) is 4.90 Å². The third kappa shape index (κ3) is 3.18. The molecule has 1 saturated heterocycles. The summed E-state index contributed by atoms with van der Waals surface area (Å²) in [6.07, 6.45) is 3.23. The van der Waals surface area contributed by atoms with Gasteiger partial charge in [0.15, 0.2) is 0 Å². The van der Waals surface area contributed by atoms with Crippen molar-refractivity contribution >= 4 is 23.1 Å². The minimum Gasteiger partial charge on any atom is -0.507 e. The molecule has 1 aliphatic rings. The molecule has 5 heteroatoms. The summed E-state index contributed by atoms with van der Waals surface area (Å²) in [6, 6.07) is 15.9. The molecule has 0 bridgehead atoms. The lowest BCUT2D eigenvalue weighted by Gasteiger charge is -2.26. The van der Waals surface area contributed by atoms with Gasteiger partial charge in [0.25, 0.3) is 11.7 Å². The van der Waals surface area contributed by atoms with E-state index < -0.39 is 17.7 Å². The Hall–Kier alpha value is -3.73. The van der Waals surface area contributed by atoms with Crippen molar-refractivity contribution in [2.45, 2.75) is 26.8 Å². The molecule has 1 atom stereocenters. The van der Waals surface area contributed by atoms with Crippen molar-refractivity contribution in [3.05, 3.63) is 100 Å². The lowest BCUT2D eigenvalue weighted by Crippen LogP contribution is -2.30. The number of hydrogen-bond donors (Lipinski definition) is 1. The van der Waals surface area contributed by atoms with Gasteiger partial charge in [0.1, 0.15) is 5.76 Å². The van der Waals surface area contributed by atoms with Crippen LogP contribution in [0.5, 0.6) is 0 Å². The maximum Gasteiger partial charge on any atom is 0.300 e. The zero-order chi connectivity index (χ0) is 21.4. The predicted molar refractivity (Wildman–Crippen MR) is 116 cm³/mol. The van der Waals surface area contributed by atoms with Gasteiger partial charge in [-0.25, -0.2) is 0 Å². The average Bonchev–Trinajstić information content (AvgIpc) is 3.01. The van der Waals surface area contributed by atoms with Gasteiger partial charge in [-0.2, -0.15) is 0 Å². The lowest BCUT2D eigenvalue weighted by atomic mass is 9.93. The van der Waals surface area contributed by atoms with Crippen LogP contribution in [-0.2, 0) is 9.59 Å². The van der Waals surface area contributed by atoms with Gasteiger partial charge in [0.2, 0.25) is 0 Å². The first-order chi connectivity index (χ1) is 14.4.